The molecule has 2 aliphatic heterocycles. The zero-order valence-corrected chi connectivity index (χ0v) is 18.2. The van der Waals surface area contributed by atoms with E-state index in [-0.39, 0.29) is 35.9 Å². The molecular weight excluding hydrogens is 416 g/mol. The molecule has 1 saturated heterocycles. The van der Waals surface area contributed by atoms with E-state index in [1.807, 2.05) is 30.3 Å². The molecule has 32 heavy (non-hydrogen) atoms. The average molecular weight is 442 g/mol. The Kier molecular flexibility index (Phi) is 5.79. The van der Waals surface area contributed by atoms with Gasteiger partial charge in [-0.15, -0.1) is 0 Å². The zero-order chi connectivity index (χ0) is 22.9. The van der Waals surface area contributed by atoms with E-state index in [4.69, 9.17) is 14.2 Å². The Labute approximate surface area is 185 Å². The Hall–Kier alpha value is -3.53. The van der Waals surface area contributed by atoms with Gasteiger partial charge in [0.15, 0.2) is 17.6 Å². The molecule has 2 aromatic rings. The quantitative estimate of drug-likeness (QED) is 0.576. The van der Waals surface area contributed by atoms with Gasteiger partial charge in [0.2, 0.25) is 0 Å². The van der Waals surface area contributed by atoms with Gasteiger partial charge in [0.25, 0.3) is 5.91 Å². The van der Waals surface area contributed by atoms with Gasteiger partial charge in [-0.25, -0.2) is 9.47 Å². The summed E-state index contributed by atoms with van der Waals surface area (Å²) in [5.41, 5.74) is 0.197. The van der Waals surface area contributed by atoms with Crippen LogP contribution in [0.2, 0.25) is 0 Å². The van der Waals surface area contributed by atoms with Crippen molar-refractivity contribution in [3.05, 3.63) is 59.2 Å². The van der Waals surface area contributed by atoms with Gasteiger partial charge in [-0.2, -0.15) is 5.01 Å². The number of morpholine rings is 1. The monoisotopic (exact) mass is 442 g/mol. The molecule has 3 heterocycles. The minimum Gasteiger partial charge on any atom is -0.484 e. The SMILES string of the molecule is CC(C)(C)OC(=O)N1C2COCCN2C(=O)c2c(OCc3ccccc3)/c(=N/O)ccn21. The van der Waals surface area contributed by atoms with Gasteiger partial charge >= 0.3 is 6.09 Å². The van der Waals surface area contributed by atoms with Crippen molar-refractivity contribution in [2.45, 2.75) is 39.1 Å². The number of pyridine rings is 1. The number of fused-ring (bicyclic) bond motifs is 2. The van der Waals surface area contributed by atoms with E-state index >= 15 is 0 Å². The molecule has 2 amide bonds. The highest BCUT2D eigenvalue weighted by atomic mass is 16.6. The molecule has 4 rings (SSSR count). The van der Waals surface area contributed by atoms with Crippen LogP contribution in [0.5, 0.6) is 5.75 Å². The standard InChI is InChI=1S/C22H26N4O6/c1-22(2,3)32-21(28)26-17-14-30-12-11-24(17)20(27)18-19(16(23-29)9-10-25(18)26)31-13-15-7-5-4-6-8-15/h4-10,17,29H,11-14H2,1-3H3/b23-16+. The topological polar surface area (TPSA) is 106 Å². The first-order chi connectivity index (χ1) is 15.3. The van der Waals surface area contributed by atoms with Gasteiger partial charge in [-0.05, 0) is 32.4 Å². The number of hydrogen-bond donors (Lipinski definition) is 1. The van der Waals surface area contributed by atoms with Crippen molar-refractivity contribution in [1.82, 2.24) is 9.58 Å². The van der Waals surface area contributed by atoms with E-state index < -0.39 is 17.9 Å². The third-order valence-corrected chi connectivity index (χ3v) is 5.05. The van der Waals surface area contributed by atoms with Crippen LogP contribution in [-0.4, -0.2) is 58.3 Å². The Morgan fingerprint density at radius 2 is 2.00 bits per heavy atom. The van der Waals surface area contributed by atoms with E-state index in [1.54, 1.807) is 25.7 Å². The summed E-state index contributed by atoms with van der Waals surface area (Å²) in [6, 6.07) is 10.9. The largest absolute Gasteiger partial charge is 0.484 e. The minimum atomic E-state index is -0.743. The lowest BCUT2D eigenvalue weighted by Gasteiger charge is -2.46. The van der Waals surface area contributed by atoms with Crippen LogP contribution in [0.15, 0.2) is 47.8 Å². The second-order valence-electron chi connectivity index (χ2n) is 8.48. The summed E-state index contributed by atoms with van der Waals surface area (Å²) in [5.74, 6) is -0.283. The van der Waals surface area contributed by atoms with Crippen molar-refractivity contribution in [3.8, 4) is 5.75 Å². The first kappa shape index (κ1) is 21.7. The number of benzene rings is 1. The highest BCUT2D eigenvalue weighted by molar-refractivity contribution is 5.98. The van der Waals surface area contributed by atoms with Crippen molar-refractivity contribution in [2.24, 2.45) is 5.16 Å². The summed E-state index contributed by atoms with van der Waals surface area (Å²) in [5, 5.41) is 14.3. The highest BCUT2D eigenvalue weighted by Gasteiger charge is 2.45. The van der Waals surface area contributed by atoms with Crippen LogP contribution >= 0.6 is 0 Å². The lowest BCUT2D eigenvalue weighted by molar-refractivity contribution is -0.0224. The van der Waals surface area contributed by atoms with Crippen molar-refractivity contribution in [3.63, 3.8) is 0 Å². The number of carbonyl (C=O) groups excluding carboxylic acids is 2. The first-order valence-corrected chi connectivity index (χ1v) is 10.3. The van der Waals surface area contributed by atoms with Crippen molar-refractivity contribution >= 4 is 12.0 Å². The lowest BCUT2D eigenvalue weighted by Crippen LogP contribution is -2.67. The molecule has 1 unspecified atom stereocenters. The Balaban J connectivity index is 1.81. The smallest absolute Gasteiger partial charge is 0.431 e. The molecule has 0 spiro atoms. The summed E-state index contributed by atoms with van der Waals surface area (Å²) in [6.07, 6.45) is 0.162. The number of aromatic nitrogens is 1. The van der Waals surface area contributed by atoms with Crippen LogP contribution in [0.3, 0.4) is 0 Å². The molecule has 10 nitrogen and oxygen atoms in total. The molecular formula is C22H26N4O6. The van der Waals surface area contributed by atoms with Gasteiger partial charge in [-0.3, -0.25) is 4.79 Å². The van der Waals surface area contributed by atoms with Crippen molar-refractivity contribution in [2.75, 3.05) is 24.8 Å². The third-order valence-electron chi connectivity index (χ3n) is 5.05. The Morgan fingerprint density at radius 3 is 2.69 bits per heavy atom. The minimum absolute atomic E-state index is 0.0697. The molecule has 1 atom stereocenters. The predicted molar refractivity (Wildman–Crippen MR) is 113 cm³/mol. The van der Waals surface area contributed by atoms with Gasteiger partial charge in [0, 0.05) is 12.7 Å². The predicted octanol–water partition coefficient (Wildman–Crippen LogP) is 2.04. The number of carbonyl (C=O) groups is 2. The fourth-order valence-electron chi connectivity index (χ4n) is 3.67. The summed E-state index contributed by atoms with van der Waals surface area (Å²) >= 11 is 0. The van der Waals surface area contributed by atoms with E-state index in [0.717, 1.165) is 5.56 Å². The number of nitrogens with zero attached hydrogens (tertiary/aromatic N) is 4. The maximum Gasteiger partial charge on any atom is 0.431 e. The fraction of sp³-hybridized carbons (Fsp3) is 0.409. The average Bonchev–Trinajstić information content (AvgIpc) is 2.77. The maximum atomic E-state index is 13.5. The van der Waals surface area contributed by atoms with Crippen LogP contribution < -0.4 is 15.1 Å². The van der Waals surface area contributed by atoms with Gasteiger partial charge in [-0.1, -0.05) is 35.5 Å². The molecule has 10 heteroatoms. The second-order valence-corrected chi connectivity index (χ2v) is 8.48. The van der Waals surface area contributed by atoms with E-state index in [9.17, 15) is 14.8 Å². The molecule has 0 saturated carbocycles. The normalized spacial score (nSPS) is 18.8. The molecule has 1 aromatic heterocycles. The number of rotatable bonds is 3. The summed E-state index contributed by atoms with van der Waals surface area (Å²) < 4.78 is 18.5. The number of hydrogen-bond acceptors (Lipinski definition) is 7. The van der Waals surface area contributed by atoms with E-state index in [1.165, 1.54) is 21.9 Å². The van der Waals surface area contributed by atoms with Crippen molar-refractivity contribution in [1.29, 1.82) is 0 Å². The van der Waals surface area contributed by atoms with Crippen LogP contribution in [0.1, 0.15) is 36.8 Å². The van der Waals surface area contributed by atoms with Crippen LogP contribution in [0, 0.1) is 0 Å². The molecule has 0 bridgehead atoms. The lowest BCUT2D eigenvalue weighted by atomic mass is 10.2. The fourth-order valence-corrected chi connectivity index (χ4v) is 3.67. The molecule has 1 aromatic carbocycles. The van der Waals surface area contributed by atoms with Crippen LogP contribution in [0.4, 0.5) is 4.79 Å². The summed E-state index contributed by atoms with van der Waals surface area (Å²) in [6.45, 7) is 6.22. The maximum absolute atomic E-state index is 13.5. The third kappa shape index (κ3) is 4.13. The van der Waals surface area contributed by atoms with Gasteiger partial charge in [0.1, 0.15) is 17.6 Å². The Morgan fingerprint density at radius 1 is 1.25 bits per heavy atom. The summed E-state index contributed by atoms with van der Waals surface area (Å²) in [4.78, 5) is 28.2. The first-order valence-electron chi connectivity index (χ1n) is 10.3. The molecule has 1 fully saturated rings. The molecule has 0 radical (unpaired) electrons. The summed E-state index contributed by atoms with van der Waals surface area (Å²) in [7, 11) is 0. The Bertz CT molecular complexity index is 1080. The molecule has 2 aliphatic rings. The van der Waals surface area contributed by atoms with Gasteiger partial charge < -0.3 is 24.3 Å². The van der Waals surface area contributed by atoms with E-state index in [0.29, 0.717) is 13.2 Å². The zero-order valence-electron chi connectivity index (χ0n) is 18.2. The molecule has 1 N–H and O–H groups in total. The highest BCUT2D eigenvalue weighted by Crippen LogP contribution is 2.28. The van der Waals surface area contributed by atoms with Crippen LogP contribution in [0.25, 0.3) is 0 Å². The van der Waals surface area contributed by atoms with E-state index in [2.05, 4.69) is 5.16 Å². The van der Waals surface area contributed by atoms with Crippen LogP contribution in [-0.2, 0) is 16.1 Å². The second kappa shape index (κ2) is 8.54. The molecule has 0 aliphatic carbocycles. The van der Waals surface area contributed by atoms with Crippen molar-refractivity contribution < 1.29 is 29.0 Å². The van der Waals surface area contributed by atoms with Gasteiger partial charge in [0.05, 0.1) is 13.2 Å². The molecule has 170 valence electrons. The number of amides is 2. The number of ether oxygens (including phenoxy) is 3.